The van der Waals surface area contributed by atoms with Crippen LogP contribution in [-0.4, -0.2) is 17.3 Å². The van der Waals surface area contributed by atoms with E-state index in [2.05, 4.69) is 6.92 Å². The van der Waals surface area contributed by atoms with Gasteiger partial charge < -0.3 is 0 Å². The molecule has 2 rings (SSSR count). The van der Waals surface area contributed by atoms with Gasteiger partial charge in [0, 0.05) is 17.3 Å². The minimum absolute atomic E-state index is 0.147. The maximum atomic E-state index is 12.1. The molecule has 0 amide bonds. The molecule has 4 heteroatoms. The van der Waals surface area contributed by atoms with Crippen molar-refractivity contribution in [2.75, 3.05) is 6.54 Å². The van der Waals surface area contributed by atoms with Crippen LogP contribution in [0.25, 0.3) is 0 Å². The normalized spacial score (nSPS) is 22.1. The van der Waals surface area contributed by atoms with Crippen LogP contribution < -0.4 is 0 Å². The van der Waals surface area contributed by atoms with E-state index in [0.717, 1.165) is 18.4 Å². The van der Waals surface area contributed by atoms with Crippen molar-refractivity contribution in [2.24, 2.45) is 11.8 Å². The molecule has 1 fully saturated rings. The number of rotatable bonds is 9. The summed E-state index contributed by atoms with van der Waals surface area (Å²) < 4.78 is 0. The Morgan fingerprint density at radius 2 is 1.95 bits per heavy atom. The van der Waals surface area contributed by atoms with Gasteiger partial charge in [-0.2, -0.15) is 0 Å². The third-order valence-electron chi connectivity index (χ3n) is 4.78. The first-order valence-electron chi connectivity index (χ1n) is 8.33. The highest BCUT2D eigenvalue weighted by molar-refractivity contribution is 5.88. The number of ketones is 1. The van der Waals surface area contributed by atoms with Gasteiger partial charge in [0.25, 0.3) is 0 Å². The average molecular weight is 303 g/mol. The molecule has 120 valence electrons. The van der Waals surface area contributed by atoms with Gasteiger partial charge in [0.2, 0.25) is 6.54 Å². The van der Waals surface area contributed by atoms with Gasteiger partial charge in [0.15, 0.2) is 0 Å². The summed E-state index contributed by atoms with van der Waals surface area (Å²) in [6, 6.07) is 9.50. The summed E-state index contributed by atoms with van der Waals surface area (Å²) in [6.07, 6.45) is 6.38. The van der Waals surface area contributed by atoms with E-state index in [1.165, 1.54) is 19.3 Å². The Kier molecular flexibility index (Phi) is 6.10. The molecule has 1 aliphatic rings. The lowest BCUT2D eigenvalue weighted by Gasteiger charge is -2.39. The lowest BCUT2D eigenvalue weighted by atomic mass is 9.62. The van der Waals surface area contributed by atoms with E-state index in [9.17, 15) is 14.9 Å². The topological polar surface area (TPSA) is 60.2 Å². The van der Waals surface area contributed by atoms with E-state index < -0.39 is 0 Å². The van der Waals surface area contributed by atoms with Crippen molar-refractivity contribution in [1.82, 2.24) is 0 Å². The fourth-order valence-corrected chi connectivity index (χ4v) is 3.58. The predicted octanol–water partition coefficient (Wildman–Crippen LogP) is 4.22. The second-order valence-electron chi connectivity index (χ2n) is 6.34. The highest BCUT2D eigenvalue weighted by Crippen LogP contribution is 2.44. The molecule has 3 atom stereocenters. The van der Waals surface area contributed by atoms with Crippen molar-refractivity contribution >= 4 is 5.78 Å². The summed E-state index contributed by atoms with van der Waals surface area (Å²) in [5.74, 6) is 0.105. The summed E-state index contributed by atoms with van der Waals surface area (Å²) in [5, 5.41) is 11.0. The summed E-state index contributed by atoms with van der Waals surface area (Å²) in [4.78, 5) is 22.9. The first-order valence-corrected chi connectivity index (χ1v) is 8.33. The standard InChI is InChI=1S/C18H25NO3/c1-2-3-4-6-11-15-12-17(20)18(15)16(13-19(21)22)14-9-7-5-8-10-14/h5,7-10,15-16,18H,2-4,6,11-13H2,1H3/t15-,16-,18-/m1/s1. The van der Waals surface area contributed by atoms with Crippen molar-refractivity contribution in [2.45, 2.75) is 51.4 Å². The quantitative estimate of drug-likeness (QED) is 0.390. The van der Waals surface area contributed by atoms with Crippen LogP contribution in [0.15, 0.2) is 30.3 Å². The number of hydrogen-bond donors (Lipinski definition) is 0. The SMILES string of the molecule is CCCCCC[C@@H]1CC(=O)[C@H]1[C@H](C[N+](=O)[O-])c1ccccc1. The van der Waals surface area contributed by atoms with Crippen LogP contribution in [0.2, 0.25) is 0 Å². The third-order valence-corrected chi connectivity index (χ3v) is 4.78. The monoisotopic (exact) mass is 303 g/mol. The molecule has 22 heavy (non-hydrogen) atoms. The molecule has 1 aliphatic carbocycles. The van der Waals surface area contributed by atoms with Crippen molar-refractivity contribution in [3.05, 3.63) is 46.0 Å². The molecular formula is C18H25NO3. The molecular weight excluding hydrogens is 278 g/mol. The van der Waals surface area contributed by atoms with Crippen molar-refractivity contribution in [1.29, 1.82) is 0 Å². The van der Waals surface area contributed by atoms with Gasteiger partial charge in [-0.15, -0.1) is 0 Å². The fraction of sp³-hybridized carbons (Fsp3) is 0.611. The minimum atomic E-state index is -0.280. The molecule has 4 nitrogen and oxygen atoms in total. The third kappa shape index (κ3) is 4.15. The van der Waals surface area contributed by atoms with Crippen LogP contribution in [0, 0.1) is 22.0 Å². The molecule has 0 aliphatic heterocycles. The number of carbonyl (C=O) groups excluding carboxylic acids is 1. The highest BCUT2D eigenvalue weighted by Gasteiger charge is 2.46. The number of Topliss-reactive ketones (excluding diaryl/α,β-unsaturated/α-hetero) is 1. The van der Waals surface area contributed by atoms with Crippen LogP contribution in [0.5, 0.6) is 0 Å². The Hall–Kier alpha value is -1.71. The molecule has 0 unspecified atom stereocenters. The van der Waals surface area contributed by atoms with Gasteiger partial charge in [0.1, 0.15) is 5.78 Å². The summed E-state index contributed by atoms with van der Waals surface area (Å²) in [5.41, 5.74) is 0.927. The zero-order chi connectivity index (χ0) is 15.9. The number of carbonyl (C=O) groups is 1. The van der Waals surface area contributed by atoms with Gasteiger partial charge >= 0.3 is 0 Å². The second kappa shape index (κ2) is 8.06. The van der Waals surface area contributed by atoms with E-state index >= 15 is 0 Å². The van der Waals surface area contributed by atoms with Gasteiger partial charge in [-0.1, -0.05) is 62.9 Å². The number of nitrogens with zero attached hydrogens (tertiary/aromatic N) is 1. The minimum Gasteiger partial charge on any atom is -0.299 e. The molecule has 1 saturated carbocycles. The van der Waals surface area contributed by atoms with E-state index in [1.807, 2.05) is 30.3 Å². The summed E-state index contributed by atoms with van der Waals surface area (Å²) in [6.45, 7) is 2.03. The maximum absolute atomic E-state index is 12.1. The first kappa shape index (κ1) is 16.7. The van der Waals surface area contributed by atoms with Gasteiger partial charge in [0.05, 0.1) is 5.92 Å². The van der Waals surface area contributed by atoms with Crippen molar-refractivity contribution < 1.29 is 9.72 Å². The number of unbranched alkanes of at least 4 members (excludes halogenated alkanes) is 3. The smallest absolute Gasteiger partial charge is 0.211 e. The molecule has 1 aromatic carbocycles. The molecule has 1 aromatic rings. The number of benzene rings is 1. The zero-order valence-corrected chi connectivity index (χ0v) is 13.2. The van der Waals surface area contributed by atoms with Crippen molar-refractivity contribution in [3.8, 4) is 0 Å². The lowest BCUT2D eigenvalue weighted by molar-refractivity contribution is -0.485. The summed E-state index contributed by atoms with van der Waals surface area (Å²) >= 11 is 0. The lowest BCUT2D eigenvalue weighted by Crippen LogP contribution is -2.43. The molecule has 0 saturated heterocycles. The van der Waals surface area contributed by atoms with E-state index in [-0.39, 0.29) is 29.1 Å². The zero-order valence-electron chi connectivity index (χ0n) is 13.2. The average Bonchev–Trinajstić information content (AvgIpc) is 2.50. The van der Waals surface area contributed by atoms with Crippen LogP contribution >= 0.6 is 0 Å². The van der Waals surface area contributed by atoms with E-state index in [0.29, 0.717) is 12.3 Å². The Balaban J connectivity index is 2.05. The van der Waals surface area contributed by atoms with Gasteiger partial charge in [-0.3, -0.25) is 14.9 Å². The van der Waals surface area contributed by atoms with Gasteiger partial charge in [-0.25, -0.2) is 0 Å². The number of nitro groups is 1. The first-order chi connectivity index (χ1) is 10.6. The van der Waals surface area contributed by atoms with E-state index in [1.54, 1.807) is 0 Å². The molecule has 0 heterocycles. The van der Waals surface area contributed by atoms with E-state index in [4.69, 9.17) is 0 Å². The Morgan fingerprint density at radius 1 is 1.23 bits per heavy atom. The van der Waals surface area contributed by atoms with Crippen LogP contribution in [-0.2, 0) is 4.79 Å². The van der Waals surface area contributed by atoms with Crippen LogP contribution in [0.4, 0.5) is 0 Å². The molecule has 0 bridgehead atoms. The van der Waals surface area contributed by atoms with Gasteiger partial charge in [-0.05, 0) is 17.9 Å². The Bertz CT molecular complexity index is 500. The number of hydrogen-bond acceptors (Lipinski definition) is 3. The second-order valence-corrected chi connectivity index (χ2v) is 6.34. The molecule has 0 N–H and O–H groups in total. The molecule has 0 spiro atoms. The highest BCUT2D eigenvalue weighted by atomic mass is 16.6. The Morgan fingerprint density at radius 3 is 2.55 bits per heavy atom. The predicted molar refractivity (Wildman–Crippen MR) is 86.4 cm³/mol. The fourth-order valence-electron chi connectivity index (χ4n) is 3.58. The summed E-state index contributed by atoms with van der Waals surface area (Å²) in [7, 11) is 0. The Labute approximate surface area is 132 Å². The molecule has 0 radical (unpaired) electrons. The van der Waals surface area contributed by atoms with Crippen molar-refractivity contribution in [3.63, 3.8) is 0 Å². The largest absolute Gasteiger partial charge is 0.299 e. The van der Waals surface area contributed by atoms with Crippen LogP contribution in [0.1, 0.15) is 56.9 Å². The maximum Gasteiger partial charge on any atom is 0.211 e. The van der Waals surface area contributed by atoms with Crippen LogP contribution in [0.3, 0.4) is 0 Å². The molecule has 0 aromatic heterocycles.